The Kier molecular flexibility index (Phi) is 1.58. The first kappa shape index (κ1) is 7.61. The van der Waals surface area contributed by atoms with Crippen LogP contribution >= 0.6 is 15.9 Å². The fourth-order valence-electron chi connectivity index (χ4n) is 1.17. The summed E-state index contributed by atoms with van der Waals surface area (Å²) in [6, 6.07) is 4.06. The summed E-state index contributed by atoms with van der Waals surface area (Å²) in [6.45, 7) is 1.96. The lowest BCUT2D eigenvalue weighted by molar-refractivity contribution is 0.623. The maximum atomic E-state index is 5.42. The third-order valence-electron chi connectivity index (χ3n) is 1.66. The van der Waals surface area contributed by atoms with E-state index in [-0.39, 0.29) is 6.01 Å². The van der Waals surface area contributed by atoms with Crippen LogP contribution in [0.15, 0.2) is 21.0 Å². The summed E-state index contributed by atoms with van der Waals surface area (Å²) in [6.07, 6.45) is 0. The van der Waals surface area contributed by atoms with Crippen LogP contribution in [0.25, 0.3) is 11.1 Å². The predicted octanol–water partition coefficient (Wildman–Crippen LogP) is 2.48. The topological polar surface area (TPSA) is 52.0 Å². The first-order valence-electron chi connectivity index (χ1n) is 3.49. The van der Waals surface area contributed by atoms with E-state index in [1.807, 2.05) is 19.1 Å². The van der Waals surface area contributed by atoms with Gasteiger partial charge in [0.05, 0.1) is 0 Å². The van der Waals surface area contributed by atoms with Crippen molar-refractivity contribution in [2.24, 2.45) is 0 Å². The van der Waals surface area contributed by atoms with Gasteiger partial charge >= 0.3 is 0 Å². The molecule has 62 valence electrons. The first-order chi connectivity index (χ1) is 5.66. The average molecular weight is 227 g/mol. The molecule has 0 spiro atoms. The van der Waals surface area contributed by atoms with Crippen LogP contribution in [0.3, 0.4) is 0 Å². The van der Waals surface area contributed by atoms with E-state index >= 15 is 0 Å². The van der Waals surface area contributed by atoms with Crippen molar-refractivity contribution < 1.29 is 4.42 Å². The molecule has 0 unspecified atom stereocenters. The molecule has 0 aliphatic heterocycles. The molecule has 0 fully saturated rings. The SMILES string of the molecule is Cc1cc(Br)cc2nc(N)oc12. The van der Waals surface area contributed by atoms with Crippen LogP contribution < -0.4 is 5.73 Å². The van der Waals surface area contributed by atoms with Gasteiger partial charge in [0.25, 0.3) is 6.01 Å². The quantitative estimate of drug-likeness (QED) is 0.752. The molecule has 2 aromatic rings. The van der Waals surface area contributed by atoms with Crippen molar-refractivity contribution in [2.75, 3.05) is 5.73 Å². The van der Waals surface area contributed by atoms with Crippen molar-refractivity contribution in [1.29, 1.82) is 0 Å². The molecule has 12 heavy (non-hydrogen) atoms. The van der Waals surface area contributed by atoms with Crippen molar-refractivity contribution in [3.63, 3.8) is 0 Å². The number of rotatable bonds is 0. The molecule has 0 aliphatic carbocycles. The highest BCUT2D eigenvalue weighted by molar-refractivity contribution is 9.10. The highest BCUT2D eigenvalue weighted by Crippen LogP contribution is 2.24. The standard InChI is InChI=1S/C8H7BrN2O/c1-4-2-5(9)3-6-7(4)12-8(10)11-6/h2-3H,1H3,(H2,10,11). The van der Waals surface area contributed by atoms with E-state index in [1.54, 1.807) is 0 Å². The van der Waals surface area contributed by atoms with E-state index in [2.05, 4.69) is 20.9 Å². The van der Waals surface area contributed by atoms with Crippen LogP contribution in [0.4, 0.5) is 6.01 Å². The highest BCUT2D eigenvalue weighted by Gasteiger charge is 2.05. The van der Waals surface area contributed by atoms with Crippen LogP contribution in [0, 0.1) is 6.92 Å². The first-order valence-corrected chi connectivity index (χ1v) is 4.28. The molecule has 0 aliphatic rings. The van der Waals surface area contributed by atoms with Crippen molar-refractivity contribution in [1.82, 2.24) is 4.98 Å². The Morgan fingerprint density at radius 2 is 2.25 bits per heavy atom. The van der Waals surface area contributed by atoms with Crippen LogP contribution in [0.2, 0.25) is 0 Å². The second kappa shape index (κ2) is 2.48. The average Bonchev–Trinajstić information content (AvgIpc) is 2.29. The summed E-state index contributed by atoms with van der Waals surface area (Å²) in [5.74, 6) is 0. The molecular weight excluding hydrogens is 220 g/mol. The number of halogens is 1. The summed E-state index contributed by atoms with van der Waals surface area (Å²) in [7, 11) is 0. The molecule has 4 heteroatoms. The number of hydrogen-bond donors (Lipinski definition) is 1. The molecule has 0 radical (unpaired) electrons. The van der Waals surface area contributed by atoms with Gasteiger partial charge in [-0.25, -0.2) is 0 Å². The van der Waals surface area contributed by atoms with Gasteiger partial charge in [-0.2, -0.15) is 4.98 Å². The summed E-state index contributed by atoms with van der Waals surface area (Å²) in [4.78, 5) is 4.02. The largest absolute Gasteiger partial charge is 0.423 e. The zero-order chi connectivity index (χ0) is 8.72. The van der Waals surface area contributed by atoms with Gasteiger partial charge in [-0.15, -0.1) is 0 Å². The third-order valence-corrected chi connectivity index (χ3v) is 2.11. The van der Waals surface area contributed by atoms with E-state index in [9.17, 15) is 0 Å². The summed E-state index contributed by atoms with van der Waals surface area (Å²) in [5.41, 5.74) is 8.00. The molecule has 1 aromatic heterocycles. The van der Waals surface area contributed by atoms with Crippen molar-refractivity contribution in [2.45, 2.75) is 6.92 Å². The number of aromatic nitrogens is 1. The summed E-state index contributed by atoms with van der Waals surface area (Å²) < 4.78 is 6.19. The number of anilines is 1. The molecule has 1 heterocycles. The lowest BCUT2D eigenvalue weighted by atomic mass is 10.2. The second-order valence-corrected chi connectivity index (χ2v) is 3.54. The second-order valence-electron chi connectivity index (χ2n) is 2.62. The monoisotopic (exact) mass is 226 g/mol. The van der Waals surface area contributed by atoms with E-state index < -0.39 is 0 Å². The maximum absolute atomic E-state index is 5.42. The van der Waals surface area contributed by atoms with Gasteiger partial charge in [-0.1, -0.05) is 15.9 Å². The zero-order valence-electron chi connectivity index (χ0n) is 6.47. The molecule has 2 rings (SSSR count). The predicted molar refractivity (Wildman–Crippen MR) is 50.9 cm³/mol. The number of aryl methyl sites for hydroxylation is 1. The van der Waals surface area contributed by atoms with E-state index in [1.165, 1.54) is 0 Å². The number of nitrogens with zero attached hydrogens (tertiary/aromatic N) is 1. The fourth-order valence-corrected chi connectivity index (χ4v) is 1.73. The number of nitrogen functional groups attached to an aromatic ring is 1. The Labute approximate surface area is 77.7 Å². The molecule has 0 amide bonds. The lowest BCUT2D eigenvalue weighted by Gasteiger charge is -1.93. The Morgan fingerprint density at radius 3 is 3.00 bits per heavy atom. The van der Waals surface area contributed by atoms with Gasteiger partial charge < -0.3 is 10.2 Å². The minimum absolute atomic E-state index is 0.214. The maximum Gasteiger partial charge on any atom is 0.292 e. The van der Waals surface area contributed by atoms with Crippen LogP contribution in [-0.2, 0) is 0 Å². The lowest BCUT2D eigenvalue weighted by Crippen LogP contribution is -1.80. The Hall–Kier alpha value is -1.03. The molecule has 0 bridgehead atoms. The van der Waals surface area contributed by atoms with Crippen molar-refractivity contribution >= 4 is 33.0 Å². The number of fused-ring (bicyclic) bond motifs is 1. The minimum atomic E-state index is 0.214. The van der Waals surface area contributed by atoms with Crippen LogP contribution in [0.1, 0.15) is 5.56 Å². The molecule has 2 N–H and O–H groups in total. The van der Waals surface area contributed by atoms with Crippen LogP contribution in [0.5, 0.6) is 0 Å². The molecule has 3 nitrogen and oxygen atoms in total. The van der Waals surface area contributed by atoms with E-state index in [0.717, 1.165) is 21.1 Å². The van der Waals surface area contributed by atoms with Gasteiger partial charge in [0.1, 0.15) is 5.52 Å². The summed E-state index contributed by atoms with van der Waals surface area (Å²) >= 11 is 3.37. The number of benzene rings is 1. The van der Waals surface area contributed by atoms with E-state index in [0.29, 0.717) is 0 Å². The fraction of sp³-hybridized carbons (Fsp3) is 0.125. The molecule has 1 aromatic carbocycles. The minimum Gasteiger partial charge on any atom is -0.423 e. The number of nitrogens with two attached hydrogens (primary N) is 1. The van der Waals surface area contributed by atoms with Gasteiger partial charge in [0.15, 0.2) is 5.58 Å². The Bertz CT molecular complexity index is 436. The molecular formula is C8H7BrN2O. The highest BCUT2D eigenvalue weighted by atomic mass is 79.9. The van der Waals surface area contributed by atoms with Gasteiger partial charge in [-0.3, -0.25) is 0 Å². The Balaban J connectivity index is 2.88. The van der Waals surface area contributed by atoms with Crippen molar-refractivity contribution in [3.8, 4) is 0 Å². The van der Waals surface area contributed by atoms with Gasteiger partial charge in [-0.05, 0) is 24.6 Å². The van der Waals surface area contributed by atoms with Gasteiger partial charge in [0.2, 0.25) is 0 Å². The third kappa shape index (κ3) is 1.08. The number of oxazole rings is 1. The summed E-state index contributed by atoms with van der Waals surface area (Å²) in [5, 5.41) is 0. The normalized spacial score (nSPS) is 10.8. The van der Waals surface area contributed by atoms with Crippen LogP contribution in [-0.4, -0.2) is 4.98 Å². The van der Waals surface area contributed by atoms with Crippen molar-refractivity contribution in [3.05, 3.63) is 22.2 Å². The zero-order valence-corrected chi connectivity index (χ0v) is 8.05. The van der Waals surface area contributed by atoms with E-state index in [4.69, 9.17) is 10.2 Å². The Morgan fingerprint density at radius 1 is 1.50 bits per heavy atom. The smallest absolute Gasteiger partial charge is 0.292 e. The molecule has 0 atom stereocenters. The number of hydrogen-bond acceptors (Lipinski definition) is 3. The molecule has 0 saturated carbocycles. The molecule has 0 saturated heterocycles. The van der Waals surface area contributed by atoms with Gasteiger partial charge in [0, 0.05) is 4.47 Å².